The normalized spacial score (nSPS) is 22.6. The highest BCUT2D eigenvalue weighted by atomic mass is 32.2. The molecule has 7 nitrogen and oxygen atoms in total. The van der Waals surface area contributed by atoms with Gasteiger partial charge in [0, 0.05) is 26.1 Å². The molecule has 3 rings (SSSR count). The Morgan fingerprint density at radius 3 is 3.00 bits per heavy atom. The predicted octanol–water partition coefficient (Wildman–Crippen LogP) is -0.931. The summed E-state index contributed by atoms with van der Waals surface area (Å²) in [6.07, 6.45) is 0.694. The number of ether oxygens (including phenoxy) is 1. The number of rotatable bonds is 3. The molecule has 0 aromatic heterocycles. The van der Waals surface area contributed by atoms with Gasteiger partial charge in [-0.15, -0.1) is 0 Å². The number of nitrogens with two attached hydrogens (primary N) is 1. The molecule has 1 aromatic rings. The standard InChI is InChI=1S/C13H17N3O4S/c14-13(17)11-8-15-4-5-16(11)21(18,19)10-1-2-12-9(7-10)3-6-20-12/h1-2,7,11,15H,3-6,8H2,(H2,14,17). The number of benzene rings is 1. The molecule has 21 heavy (non-hydrogen) atoms. The van der Waals surface area contributed by atoms with Crippen LogP contribution in [-0.4, -0.2) is 50.9 Å². The van der Waals surface area contributed by atoms with Gasteiger partial charge in [0.05, 0.1) is 11.5 Å². The molecule has 0 bridgehead atoms. The Morgan fingerprint density at radius 2 is 2.24 bits per heavy atom. The van der Waals surface area contributed by atoms with Crippen LogP contribution in [0.2, 0.25) is 0 Å². The first kappa shape index (κ1) is 14.3. The Hall–Kier alpha value is -1.64. The second kappa shape index (κ2) is 5.28. The van der Waals surface area contributed by atoms with E-state index in [2.05, 4.69) is 5.32 Å². The van der Waals surface area contributed by atoms with Crippen LogP contribution in [0.4, 0.5) is 0 Å². The summed E-state index contributed by atoms with van der Waals surface area (Å²) in [5, 5.41) is 2.98. The van der Waals surface area contributed by atoms with Gasteiger partial charge in [0.2, 0.25) is 15.9 Å². The fourth-order valence-electron chi connectivity index (χ4n) is 2.67. The van der Waals surface area contributed by atoms with Crippen molar-refractivity contribution < 1.29 is 17.9 Å². The zero-order valence-electron chi connectivity index (χ0n) is 11.4. The maximum Gasteiger partial charge on any atom is 0.243 e. The zero-order valence-corrected chi connectivity index (χ0v) is 12.2. The Bertz CT molecular complexity index is 674. The van der Waals surface area contributed by atoms with Crippen LogP contribution in [0, 0.1) is 0 Å². The fourth-order valence-corrected chi connectivity index (χ4v) is 4.32. The van der Waals surface area contributed by atoms with Crippen LogP contribution in [-0.2, 0) is 21.2 Å². The molecule has 2 heterocycles. The molecule has 8 heteroatoms. The molecule has 0 aliphatic carbocycles. The van der Waals surface area contributed by atoms with E-state index in [-0.39, 0.29) is 18.0 Å². The predicted molar refractivity (Wildman–Crippen MR) is 75.4 cm³/mol. The Kier molecular flexibility index (Phi) is 3.60. The highest BCUT2D eigenvalue weighted by Crippen LogP contribution is 2.29. The first-order valence-corrected chi connectivity index (χ1v) is 8.22. The van der Waals surface area contributed by atoms with Gasteiger partial charge in [0.25, 0.3) is 0 Å². The van der Waals surface area contributed by atoms with E-state index in [4.69, 9.17) is 10.5 Å². The van der Waals surface area contributed by atoms with Gasteiger partial charge in [-0.1, -0.05) is 0 Å². The molecule has 0 radical (unpaired) electrons. The van der Waals surface area contributed by atoms with Crippen LogP contribution in [0.15, 0.2) is 23.1 Å². The molecule has 114 valence electrons. The van der Waals surface area contributed by atoms with Crippen molar-refractivity contribution in [1.29, 1.82) is 0 Å². The molecular formula is C13H17N3O4S. The molecular weight excluding hydrogens is 294 g/mol. The van der Waals surface area contributed by atoms with Crippen LogP contribution in [0.25, 0.3) is 0 Å². The minimum Gasteiger partial charge on any atom is -0.493 e. The van der Waals surface area contributed by atoms with Crippen LogP contribution in [0.3, 0.4) is 0 Å². The van der Waals surface area contributed by atoms with E-state index in [0.29, 0.717) is 19.6 Å². The average Bonchev–Trinajstić information content (AvgIpc) is 2.94. The molecule has 1 fully saturated rings. The lowest BCUT2D eigenvalue weighted by Crippen LogP contribution is -2.58. The Labute approximate surface area is 123 Å². The summed E-state index contributed by atoms with van der Waals surface area (Å²) in [6, 6.07) is 3.95. The summed E-state index contributed by atoms with van der Waals surface area (Å²) in [5.41, 5.74) is 6.19. The lowest BCUT2D eigenvalue weighted by atomic mass is 10.2. The van der Waals surface area contributed by atoms with Crippen LogP contribution < -0.4 is 15.8 Å². The minimum atomic E-state index is -3.74. The van der Waals surface area contributed by atoms with Gasteiger partial charge in [0.1, 0.15) is 11.8 Å². The number of piperazine rings is 1. The number of nitrogens with one attached hydrogen (secondary N) is 1. The topological polar surface area (TPSA) is 102 Å². The number of amides is 1. The van der Waals surface area contributed by atoms with Gasteiger partial charge in [-0.05, 0) is 23.8 Å². The number of hydrogen-bond acceptors (Lipinski definition) is 5. The minimum absolute atomic E-state index is 0.180. The number of primary amides is 1. The molecule has 1 unspecified atom stereocenters. The van der Waals surface area contributed by atoms with Crippen molar-refractivity contribution >= 4 is 15.9 Å². The van der Waals surface area contributed by atoms with Crippen molar-refractivity contribution in [2.75, 3.05) is 26.2 Å². The van der Waals surface area contributed by atoms with E-state index in [1.54, 1.807) is 12.1 Å². The number of carbonyl (C=O) groups excluding carboxylic acids is 1. The van der Waals surface area contributed by atoms with Crippen molar-refractivity contribution in [1.82, 2.24) is 9.62 Å². The SMILES string of the molecule is NC(=O)C1CNCCN1S(=O)(=O)c1ccc2c(c1)CCO2. The van der Waals surface area contributed by atoms with Crippen molar-refractivity contribution in [2.45, 2.75) is 17.4 Å². The first-order valence-electron chi connectivity index (χ1n) is 6.78. The Balaban J connectivity index is 1.97. The van der Waals surface area contributed by atoms with Crippen molar-refractivity contribution in [2.24, 2.45) is 5.73 Å². The second-order valence-corrected chi connectivity index (χ2v) is 7.00. The first-order chi connectivity index (χ1) is 10.00. The second-order valence-electron chi connectivity index (χ2n) is 5.11. The van der Waals surface area contributed by atoms with Gasteiger partial charge in [-0.25, -0.2) is 8.42 Å². The largest absolute Gasteiger partial charge is 0.493 e. The van der Waals surface area contributed by atoms with E-state index in [9.17, 15) is 13.2 Å². The zero-order chi connectivity index (χ0) is 15.0. The van der Waals surface area contributed by atoms with Crippen molar-refractivity contribution in [3.63, 3.8) is 0 Å². The lowest BCUT2D eigenvalue weighted by molar-refractivity contribution is -0.122. The third-order valence-electron chi connectivity index (χ3n) is 3.79. The summed E-state index contributed by atoms with van der Waals surface area (Å²) in [6.45, 7) is 1.53. The van der Waals surface area contributed by atoms with Gasteiger partial charge in [-0.2, -0.15) is 4.31 Å². The maximum atomic E-state index is 12.8. The summed E-state index contributed by atoms with van der Waals surface area (Å²) in [5.74, 6) is 0.0796. The van der Waals surface area contributed by atoms with Crippen LogP contribution in [0.1, 0.15) is 5.56 Å². The van der Waals surface area contributed by atoms with E-state index >= 15 is 0 Å². The van der Waals surface area contributed by atoms with Crippen molar-refractivity contribution in [3.8, 4) is 5.75 Å². The molecule has 2 aliphatic heterocycles. The number of carbonyl (C=O) groups is 1. The van der Waals surface area contributed by atoms with Crippen molar-refractivity contribution in [3.05, 3.63) is 23.8 Å². The molecule has 3 N–H and O–H groups in total. The molecule has 0 saturated carbocycles. The number of sulfonamides is 1. The van der Waals surface area contributed by atoms with E-state index < -0.39 is 22.0 Å². The highest BCUT2D eigenvalue weighted by molar-refractivity contribution is 7.89. The van der Waals surface area contributed by atoms with Gasteiger partial charge in [0.15, 0.2) is 0 Å². The number of hydrogen-bond donors (Lipinski definition) is 2. The molecule has 0 spiro atoms. The van der Waals surface area contributed by atoms with Crippen LogP contribution in [0.5, 0.6) is 5.75 Å². The molecule has 1 amide bonds. The third-order valence-corrected chi connectivity index (χ3v) is 5.69. The lowest BCUT2D eigenvalue weighted by Gasteiger charge is -2.33. The summed E-state index contributed by atoms with van der Waals surface area (Å²) < 4.78 is 32.1. The molecule has 2 aliphatic rings. The number of fused-ring (bicyclic) bond motifs is 1. The van der Waals surface area contributed by atoms with Crippen LogP contribution >= 0.6 is 0 Å². The molecule has 1 atom stereocenters. The van der Waals surface area contributed by atoms with Gasteiger partial charge in [-0.3, -0.25) is 4.79 Å². The summed E-state index contributed by atoms with van der Waals surface area (Å²) in [7, 11) is -3.74. The average molecular weight is 311 g/mol. The molecule has 1 aromatic carbocycles. The number of nitrogens with zero attached hydrogens (tertiary/aromatic N) is 1. The Morgan fingerprint density at radius 1 is 1.43 bits per heavy atom. The third kappa shape index (κ3) is 2.50. The quantitative estimate of drug-likeness (QED) is 0.751. The van der Waals surface area contributed by atoms with E-state index in [1.165, 1.54) is 10.4 Å². The van der Waals surface area contributed by atoms with Gasteiger partial charge < -0.3 is 15.8 Å². The monoisotopic (exact) mass is 311 g/mol. The highest BCUT2D eigenvalue weighted by Gasteiger charge is 2.37. The smallest absolute Gasteiger partial charge is 0.243 e. The molecule has 1 saturated heterocycles. The fraction of sp³-hybridized carbons (Fsp3) is 0.462. The van der Waals surface area contributed by atoms with Gasteiger partial charge >= 0.3 is 0 Å². The maximum absolute atomic E-state index is 12.8. The van der Waals surface area contributed by atoms with E-state index in [1.807, 2.05) is 0 Å². The summed E-state index contributed by atoms with van der Waals surface area (Å²) in [4.78, 5) is 11.7. The summed E-state index contributed by atoms with van der Waals surface area (Å²) >= 11 is 0. The van der Waals surface area contributed by atoms with E-state index in [0.717, 1.165) is 11.3 Å².